The minimum Gasteiger partial charge on any atom is -0.444 e. The molecule has 1 rings (SSSR count). The van der Waals surface area contributed by atoms with E-state index in [0.29, 0.717) is 13.1 Å². The molecule has 0 fully saturated rings. The van der Waals surface area contributed by atoms with Crippen molar-refractivity contribution in [2.24, 2.45) is 4.99 Å². The topological polar surface area (TPSA) is 92.6 Å². The van der Waals surface area contributed by atoms with Gasteiger partial charge in [0, 0.05) is 45.6 Å². The molecule has 0 aliphatic rings. The summed E-state index contributed by atoms with van der Waals surface area (Å²) in [5.41, 5.74) is -0.469. The van der Waals surface area contributed by atoms with Crippen molar-refractivity contribution >= 4 is 36.0 Å². The van der Waals surface area contributed by atoms with Crippen LogP contribution in [0.25, 0.3) is 0 Å². The molecule has 0 atom stereocenters. The van der Waals surface area contributed by atoms with E-state index in [9.17, 15) is 4.79 Å². The first-order valence-corrected chi connectivity index (χ1v) is 7.78. The lowest BCUT2D eigenvalue weighted by atomic mass is 10.2. The van der Waals surface area contributed by atoms with Crippen LogP contribution in [0, 0.1) is 0 Å². The van der Waals surface area contributed by atoms with E-state index >= 15 is 0 Å². The zero-order valence-electron chi connectivity index (χ0n) is 14.8. The van der Waals surface area contributed by atoms with Crippen molar-refractivity contribution < 1.29 is 9.53 Å². The van der Waals surface area contributed by atoms with E-state index in [0.717, 1.165) is 25.5 Å². The molecular weight excluding hydrogens is 423 g/mol. The van der Waals surface area contributed by atoms with Crippen LogP contribution in [0.1, 0.15) is 27.2 Å². The molecule has 0 aliphatic carbocycles. The molecule has 3 N–H and O–H groups in total. The summed E-state index contributed by atoms with van der Waals surface area (Å²) in [5, 5.41) is 9.13. The first kappa shape index (κ1) is 22.5. The third-order valence-electron chi connectivity index (χ3n) is 2.76. The number of aliphatic imine (C=N–C) groups is 1. The number of imidazole rings is 1. The van der Waals surface area contributed by atoms with Gasteiger partial charge in [-0.1, -0.05) is 0 Å². The number of carbonyl (C=O) groups excluding carboxylic acids is 1. The van der Waals surface area contributed by atoms with Gasteiger partial charge >= 0.3 is 6.09 Å². The number of alkyl carbamates (subject to hydrolysis) is 1. The Labute approximate surface area is 160 Å². The minimum absolute atomic E-state index is 0. The number of hydrogen-bond donors (Lipinski definition) is 3. The molecule has 0 aromatic carbocycles. The maximum absolute atomic E-state index is 11.5. The number of carbonyl (C=O) groups is 1. The molecule has 1 aromatic heterocycles. The van der Waals surface area contributed by atoms with Gasteiger partial charge in [0.1, 0.15) is 5.60 Å². The van der Waals surface area contributed by atoms with Crippen LogP contribution in [0.3, 0.4) is 0 Å². The van der Waals surface area contributed by atoms with Gasteiger partial charge in [0.2, 0.25) is 0 Å². The number of nitrogens with one attached hydrogen (secondary N) is 3. The number of hydrogen-bond acceptors (Lipinski definition) is 4. The van der Waals surface area contributed by atoms with Crippen LogP contribution in [-0.4, -0.2) is 53.9 Å². The summed E-state index contributed by atoms with van der Waals surface area (Å²) >= 11 is 0. The van der Waals surface area contributed by atoms with E-state index in [1.807, 2.05) is 31.5 Å². The molecule has 0 spiro atoms. The van der Waals surface area contributed by atoms with Crippen LogP contribution in [-0.2, 0) is 11.3 Å². The summed E-state index contributed by atoms with van der Waals surface area (Å²) in [6, 6.07) is 0. The second-order valence-corrected chi connectivity index (χ2v) is 6.01. The highest BCUT2D eigenvalue weighted by Crippen LogP contribution is 2.06. The van der Waals surface area contributed by atoms with Crippen LogP contribution in [0.2, 0.25) is 0 Å². The van der Waals surface area contributed by atoms with Gasteiger partial charge in [0.15, 0.2) is 5.96 Å². The van der Waals surface area contributed by atoms with Crippen molar-refractivity contribution in [2.75, 3.05) is 26.7 Å². The number of amides is 1. The van der Waals surface area contributed by atoms with Gasteiger partial charge in [-0.3, -0.25) is 4.99 Å². The van der Waals surface area contributed by atoms with Gasteiger partial charge in [-0.2, -0.15) is 0 Å². The fraction of sp³-hybridized carbons (Fsp3) is 0.667. The molecule has 8 nitrogen and oxygen atoms in total. The summed E-state index contributed by atoms with van der Waals surface area (Å²) < 4.78 is 7.15. The van der Waals surface area contributed by atoms with Crippen molar-refractivity contribution in [1.82, 2.24) is 25.5 Å². The number of rotatable bonds is 7. The van der Waals surface area contributed by atoms with Gasteiger partial charge < -0.3 is 25.3 Å². The van der Waals surface area contributed by atoms with Crippen LogP contribution < -0.4 is 16.0 Å². The lowest BCUT2D eigenvalue weighted by Crippen LogP contribution is -2.40. The normalized spacial score (nSPS) is 11.4. The van der Waals surface area contributed by atoms with E-state index in [2.05, 4.69) is 25.9 Å². The number of halogens is 1. The first-order valence-electron chi connectivity index (χ1n) is 7.78. The van der Waals surface area contributed by atoms with Crippen molar-refractivity contribution in [3.05, 3.63) is 18.7 Å². The van der Waals surface area contributed by atoms with E-state index in [1.165, 1.54) is 0 Å². The Balaban J connectivity index is 0.00000529. The van der Waals surface area contributed by atoms with Gasteiger partial charge in [0.25, 0.3) is 0 Å². The van der Waals surface area contributed by atoms with Gasteiger partial charge in [-0.05, 0) is 27.2 Å². The van der Waals surface area contributed by atoms with E-state index in [-0.39, 0.29) is 30.1 Å². The van der Waals surface area contributed by atoms with E-state index < -0.39 is 5.60 Å². The van der Waals surface area contributed by atoms with Crippen molar-refractivity contribution in [2.45, 2.75) is 39.3 Å². The first-order chi connectivity index (χ1) is 10.9. The smallest absolute Gasteiger partial charge is 0.407 e. The second kappa shape index (κ2) is 11.9. The van der Waals surface area contributed by atoms with Crippen molar-refractivity contribution in [1.29, 1.82) is 0 Å². The fourth-order valence-corrected chi connectivity index (χ4v) is 1.74. The number of nitrogens with zero attached hydrogens (tertiary/aromatic N) is 3. The highest BCUT2D eigenvalue weighted by Gasteiger charge is 2.15. The Bertz CT molecular complexity index is 485. The molecule has 0 aliphatic heterocycles. The van der Waals surface area contributed by atoms with E-state index in [1.54, 1.807) is 19.6 Å². The molecule has 1 amide bonds. The predicted molar refractivity (Wildman–Crippen MR) is 106 cm³/mol. The maximum atomic E-state index is 11.5. The van der Waals surface area contributed by atoms with Gasteiger partial charge in [-0.25, -0.2) is 9.78 Å². The van der Waals surface area contributed by atoms with Crippen molar-refractivity contribution in [3.63, 3.8) is 0 Å². The van der Waals surface area contributed by atoms with Gasteiger partial charge in [0.05, 0.1) is 6.33 Å². The Morgan fingerprint density at radius 1 is 1.21 bits per heavy atom. The lowest BCUT2D eigenvalue weighted by molar-refractivity contribution is 0.0527. The average Bonchev–Trinajstić information content (AvgIpc) is 2.96. The SMILES string of the molecule is CN=C(NCCCNC(=O)OC(C)(C)C)NCCn1ccnc1.I. The Hall–Kier alpha value is -1.52. The molecule has 1 heterocycles. The molecule has 1 aromatic rings. The summed E-state index contributed by atoms with van der Waals surface area (Å²) in [6.45, 7) is 8.36. The van der Waals surface area contributed by atoms with Crippen molar-refractivity contribution in [3.8, 4) is 0 Å². The Morgan fingerprint density at radius 3 is 2.46 bits per heavy atom. The zero-order valence-corrected chi connectivity index (χ0v) is 17.2. The molecule has 24 heavy (non-hydrogen) atoms. The highest BCUT2D eigenvalue weighted by atomic mass is 127. The fourth-order valence-electron chi connectivity index (χ4n) is 1.74. The molecule has 0 saturated heterocycles. The van der Waals surface area contributed by atoms with E-state index in [4.69, 9.17) is 4.74 Å². The average molecular weight is 452 g/mol. The predicted octanol–water partition coefficient (Wildman–Crippen LogP) is 1.58. The molecule has 138 valence electrons. The molecule has 0 radical (unpaired) electrons. The highest BCUT2D eigenvalue weighted by molar-refractivity contribution is 14.0. The monoisotopic (exact) mass is 452 g/mol. The molecule has 0 unspecified atom stereocenters. The summed E-state index contributed by atoms with van der Waals surface area (Å²) in [5.74, 6) is 0.738. The van der Waals surface area contributed by atoms with Crippen LogP contribution in [0.5, 0.6) is 0 Å². The van der Waals surface area contributed by atoms with Gasteiger partial charge in [-0.15, -0.1) is 24.0 Å². The summed E-state index contributed by atoms with van der Waals surface area (Å²) in [7, 11) is 1.73. The molecule has 9 heteroatoms. The standard InChI is InChI=1S/C15H28N6O2.HI/c1-15(2,3)23-14(22)20-7-5-6-18-13(16-4)19-9-11-21-10-8-17-12-21;/h8,10,12H,5-7,9,11H2,1-4H3,(H,20,22)(H2,16,18,19);1H. The quantitative estimate of drug-likeness (QED) is 0.253. The molecular formula is C15H29IN6O2. The molecule has 0 bridgehead atoms. The Kier molecular flexibility index (Phi) is 11.2. The maximum Gasteiger partial charge on any atom is 0.407 e. The zero-order chi connectivity index (χ0) is 17.1. The number of ether oxygens (including phenoxy) is 1. The largest absolute Gasteiger partial charge is 0.444 e. The number of guanidine groups is 1. The summed E-state index contributed by atoms with van der Waals surface area (Å²) in [4.78, 5) is 19.6. The lowest BCUT2D eigenvalue weighted by Gasteiger charge is -2.19. The van der Waals surface area contributed by atoms with Crippen LogP contribution >= 0.6 is 24.0 Å². The summed E-state index contributed by atoms with van der Waals surface area (Å²) in [6.07, 6.45) is 5.84. The molecule has 0 saturated carbocycles. The third kappa shape index (κ3) is 11.1. The third-order valence-corrected chi connectivity index (χ3v) is 2.76. The van der Waals surface area contributed by atoms with Crippen LogP contribution in [0.15, 0.2) is 23.7 Å². The Morgan fingerprint density at radius 2 is 1.88 bits per heavy atom. The minimum atomic E-state index is -0.469. The van der Waals surface area contributed by atoms with Crippen LogP contribution in [0.4, 0.5) is 4.79 Å². The second-order valence-electron chi connectivity index (χ2n) is 6.01. The number of aromatic nitrogens is 2.